The second kappa shape index (κ2) is 7.38. The Morgan fingerprint density at radius 3 is 2.43 bits per heavy atom. The number of hydrogen-bond acceptors (Lipinski definition) is 4. The Hall–Kier alpha value is -0.920. The molecule has 0 saturated carbocycles. The van der Waals surface area contributed by atoms with Crippen molar-refractivity contribution in [1.29, 1.82) is 0 Å². The lowest BCUT2D eigenvalue weighted by Crippen LogP contribution is -2.51. The Balaban J connectivity index is 1.77. The quantitative estimate of drug-likeness (QED) is 0.805. The normalized spacial score (nSPS) is 15.6. The lowest BCUT2D eigenvalue weighted by Gasteiger charge is -2.35. The van der Waals surface area contributed by atoms with Crippen molar-refractivity contribution in [2.24, 2.45) is 0 Å². The van der Waals surface area contributed by atoms with E-state index >= 15 is 0 Å². The largest absolute Gasteiger partial charge is 0.339 e. The summed E-state index contributed by atoms with van der Waals surface area (Å²) in [7, 11) is 1.95. The highest BCUT2D eigenvalue weighted by molar-refractivity contribution is 9.11. The molecule has 21 heavy (non-hydrogen) atoms. The smallest absolute Gasteiger partial charge is 0.236 e. The molecule has 1 aliphatic heterocycles. The van der Waals surface area contributed by atoms with Crippen molar-refractivity contribution < 1.29 is 9.59 Å². The van der Waals surface area contributed by atoms with Crippen LogP contribution in [0, 0.1) is 0 Å². The highest BCUT2D eigenvalue weighted by Crippen LogP contribution is 2.21. The number of carbonyl (C=O) groups is 2. The summed E-state index contributed by atoms with van der Waals surface area (Å²) in [4.78, 5) is 29.2. The van der Waals surface area contributed by atoms with E-state index in [2.05, 4.69) is 27.4 Å². The summed E-state index contributed by atoms with van der Waals surface area (Å²) in [6, 6.07) is 2.08. The topological polar surface area (TPSA) is 43.9 Å². The van der Waals surface area contributed by atoms with Crippen LogP contribution < -0.4 is 0 Å². The van der Waals surface area contributed by atoms with Crippen LogP contribution in [0.15, 0.2) is 15.2 Å². The summed E-state index contributed by atoms with van der Waals surface area (Å²) in [6.45, 7) is 5.30. The van der Waals surface area contributed by atoms with Crippen molar-refractivity contribution in [1.82, 2.24) is 14.7 Å². The van der Waals surface area contributed by atoms with Gasteiger partial charge in [-0.1, -0.05) is 0 Å². The van der Waals surface area contributed by atoms with Gasteiger partial charge in [-0.2, -0.15) is 0 Å². The average Bonchev–Trinajstić information content (AvgIpc) is 2.83. The van der Waals surface area contributed by atoms with Gasteiger partial charge in [-0.3, -0.25) is 14.5 Å². The number of thiophene rings is 1. The Bertz CT molecular complexity index is 512. The van der Waals surface area contributed by atoms with Crippen molar-refractivity contribution >= 4 is 39.1 Å². The first-order valence-corrected chi connectivity index (χ1v) is 8.57. The minimum atomic E-state index is 0.0854. The molecule has 0 aromatic carbocycles. The molecule has 0 unspecified atom stereocenters. The summed E-state index contributed by atoms with van der Waals surface area (Å²) < 4.78 is 1.11. The van der Waals surface area contributed by atoms with Crippen molar-refractivity contribution in [3.63, 3.8) is 0 Å². The van der Waals surface area contributed by atoms with Crippen molar-refractivity contribution in [2.45, 2.75) is 13.5 Å². The van der Waals surface area contributed by atoms with Gasteiger partial charge in [-0.25, -0.2) is 0 Å². The Kier molecular flexibility index (Phi) is 5.78. The van der Waals surface area contributed by atoms with Crippen LogP contribution in [0.5, 0.6) is 0 Å². The van der Waals surface area contributed by atoms with Crippen molar-refractivity contribution in [3.8, 4) is 0 Å². The van der Waals surface area contributed by atoms with Gasteiger partial charge < -0.3 is 9.80 Å². The van der Waals surface area contributed by atoms with Gasteiger partial charge in [-0.15, -0.1) is 11.3 Å². The highest BCUT2D eigenvalue weighted by Gasteiger charge is 2.22. The maximum absolute atomic E-state index is 12.3. The molecule has 2 heterocycles. The van der Waals surface area contributed by atoms with Gasteiger partial charge in [0.1, 0.15) is 0 Å². The molecule has 1 aliphatic rings. The van der Waals surface area contributed by atoms with Crippen LogP contribution in [-0.2, 0) is 16.1 Å². The number of halogens is 1. The first-order chi connectivity index (χ1) is 9.95. The van der Waals surface area contributed by atoms with E-state index in [1.165, 1.54) is 5.56 Å². The predicted octanol–water partition coefficient (Wildman–Crippen LogP) is 1.63. The molecule has 0 spiro atoms. The molecule has 0 bridgehead atoms. The van der Waals surface area contributed by atoms with Crippen LogP contribution in [0.25, 0.3) is 0 Å². The number of nitrogens with zero attached hydrogens (tertiary/aromatic N) is 3. The lowest BCUT2D eigenvalue weighted by molar-refractivity contribution is -0.139. The van der Waals surface area contributed by atoms with Gasteiger partial charge in [0, 0.05) is 39.6 Å². The number of rotatable bonds is 4. The summed E-state index contributed by atoms with van der Waals surface area (Å²) >= 11 is 5.10. The number of hydrogen-bond donors (Lipinski definition) is 0. The number of likely N-dealkylation sites (N-methyl/N-ethyl adjacent to an activating group) is 1. The second-order valence-corrected chi connectivity index (χ2v) is 7.61. The molecule has 2 rings (SSSR count). The van der Waals surface area contributed by atoms with Crippen LogP contribution in [-0.4, -0.2) is 66.3 Å². The van der Waals surface area contributed by atoms with E-state index in [0.29, 0.717) is 32.7 Å². The highest BCUT2D eigenvalue weighted by atomic mass is 79.9. The predicted molar refractivity (Wildman–Crippen MR) is 87.2 cm³/mol. The van der Waals surface area contributed by atoms with Crippen LogP contribution in [0.3, 0.4) is 0 Å². The number of piperazine rings is 1. The SMILES string of the molecule is CC(=O)N1CCN(C(=O)CN(C)Cc2csc(Br)c2)CC1. The molecule has 0 atom stereocenters. The Morgan fingerprint density at radius 1 is 1.29 bits per heavy atom. The van der Waals surface area contributed by atoms with Crippen LogP contribution in [0.4, 0.5) is 0 Å². The van der Waals surface area contributed by atoms with E-state index in [1.54, 1.807) is 23.2 Å². The monoisotopic (exact) mass is 373 g/mol. The van der Waals surface area contributed by atoms with E-state index in [1.807, 2.05) is 16.8 Å². The molecule has 0 radical (unpaired) electrons. The van der Waals surface area contributed by atoms with E-state index in [4.69, 9.17) is 0 Å². The third-order valence-corrected chi connectivity index (χ3v) is 5.11. The zero-order valence-electron chi connectivity index (χ0n) is 12.3. The zero-order chi connectivity index (χ0) is 15.4. The average molecular weight is 374 g/mol. The van der Waals surface area contributed by atoms with Gasteiger partial charge in [-0.05, 0) is 40.0 Å². The van der Waals surface area contributed by atoms with Gasteiger partial charge in [0.25, 0.3) is 0 Å². The standard InChI is InChI=1S/C14H20BrN3O2S/c1-11(19)17-3-5-18(6-4-17)14(20)9-16(2)8-12-7-13(15)21-10-12/h7,10H,3-6,8-9H2,1-2H3. The minimum absolute atomic E-state index is 0.0854. The second-order valence-electron chi connectivity index (χ2n) is 5.32. The summed E-state index contributed by atoms with van der Waals surface area (Å²) in [6.07, 6.45) is 0. The molecule has 1 saturated heterocycles. The van der Waals surface area contributed by atoms with Gasteiger partial charge in [0.2, 0.25) is 11.8 Å². The summed E-state index contributed by atoms with van der Waals surface area (Å²) in [5, 5.41) is 2.09. The van der Waals surface area contributed by atoms with E-state index in [9.17, 15) is 9.59 Å². The fraction of sp³-hybridized carbons (Fsp3) is 0.571. The number of amides is 2. The molecular formula is C14H20BrN3O2S. The molecule has 0 aliphatic carbocycles. The molecule has 1 fully saturated rings. The molecule has 7 heteroatoms. The van der Waals surface area contributed by atoms with Crippen LogP contribution in [0.1, 0.15) is 12.5 Å². The first kappa shape index (κ1) is 16.5. The van der Waals surface area contributed by atoms with Crippen LogP contribution >= 0.6 is 27.3 Å². The first-order valence-electron chi connectivity index (χ1n) is 6.90. The number of carbonyl (C=O) groups excluding carboxylic acids is 2. The lowest BCUT2D eigenvalue weighted by atomic mass is 10.3. The van der Waals surface area contributed by atoms with Gasteiger partial charge >= 0.3 is 0 Å². The molecule has 1 aromatic heterocycles. The fourth-order valence-corrected chi connectivity index (χ4v) is 3.60. The van der Waals surface area contributed by atoms with Crippen molar-refractivity contribution in [2.75, 3.05) is 39.8 Å². The maximum Gasteiger partial charge on any atom is 0.236 e. The van der Waals surface area contributed by atoms with Crippen molar-refractivity contribution in [3.05, 3.63) is 20.8 Å². The maximum atomic E-state index is 12.3. The van der Waals surface area contributed by atoms with E-state index in [0.717, 1.165) is 10.3 Å². The molecule has 0 N–H and O–H groups in total. The molecule has 5 nitrogen and oxygen atoms in total. The zero-order valence-corrected chi connectivity index (χ0v) is 14.7. The van der Waals surface area contributed by atoms with Gasteiger partial charge in [0.15, 0.2) is 0 Å². The summed E-state index contributed by atoms with van der Waals surface area (Å²) in [5.74, 6) is 0.220. The minimum Gasteiger partial charge on any atom is -0.339 e. The van der Waals surface area contributed by atoms with E-state index < -0.39 is 0 Å². The Labute approximate surface area is 137 Å². The third kappa shape index (κ3) is 4.79. The van der Waals surface area contributed by atoms with Gasteiger partial charge in [0.05, 0.1) is 10.3 Å². The molecule has 116 valence electrons. The van der Waals surface area contributed by atoms with Crippen LogP contribution in [0.2, 0.25) is 0 Å². The molecule has 2 amide bonds. The van der Waals surface area contributed by atoms with E-state index in [-0.39, 0.29) is 11.8 Å². The summed E-state index contributed by atoms with van der Waals surface area (Å²) in [5.41, 5.74) is 1.21. The molecule has 1 aromatic rings. The Morgan fingerprint density at radius 2 is 1.90 bits per heavy atom. The fourth-order valence-electron chi connectivity index (χ4n) is 2.40. The third-order valence-electron chi connectivity index (χ3n) is 3.56. The molecular weight excluding hydrogens is 354 g/mol.